The molecular weight excluding hydrogens is 216 g/mol. The highest BCUT2D eigenvalue weighted by atomic mass is 32.1. The highest BCUT2D eigenvalue weighted by Crippen LogP contribution is 2.28. The Labute approximate surface area is 100 Å². The summed E-state index contributed by atoms with van der Waals surface area (Å²) in [6.45, 7) is 3.82. The third-order valence-electron chi connectivity index (χ3n) is 2.77. The van der Waals surface area contributed by atoms with Gasteiger partial charge in [0, 0.05) is 11.1 Å². The molecule has 2 rings (SSSR count). The summed E-state index contributed by atoms with van der Waals surface area (Å²) in [5, 5.41) is 3.57. The molecule has 1 aromatic heterocycles. The van der Waals surface area contributed by atoms with E-state index in [1.165, 1.54) is 15.6 Å². The van der Waals surface area contributed by atoms with Crippen LogP contribution in [0.15, 0.2) is 29.6 Å². The van der Waals surface area contributed by atoms with Crippen LogP contribution in [-0.2, 0) is 11.2 Å². The van der Waals surface area contributed by atoms with Crippen molar-refractivity contribution in [3.05, 3.63) is 35.2 Å². The van der Waals surface area contributed by atoms with Crippen molar-refractivity contribution in [2.24, 2.45) is 5.92 Å². The minimum atomic E-state index is 0.284. The number of rotatable bonds is 4. The van der Waals surface area contributed by atoms with Crippen molar-refractivity contribution >= 4 is 27.2 Å². The number of ketones is 1. The highest BCUT2D eigenvalue weighted by Gasteiger charge is 2.10. The lowest BCUT2D eigenvalue weighted by Gasteiger charge is -2.08. The minimum absolute atomic E-state index is 0.284. The van der Waals surface area contributed by atoms with Crippen molar-refractivity contribution < 1.29 is 4.79 Å². The van der Waals surface area contributed by atoms with Crippen LogP contribution in [-0.4, -0.2) is 5.78 Å². The van der Waals surface area contributed by atoms with E-state index in [0.717, 1.165) is 6.42 Å². The van der Waals surface area contributed by atoms with Gasteiger partial charge in [-0.15, -0.1) is 11.3 Å². The molecule has 84 valence electrons. The summed E-state index contributed by atoms with van der Waals surface area (Å²) in [4.78, 5) is 11.0. The average Bonchev–Trinajstić information content (AvgIpc) is 2.61. The number of benzene rings is 1. The summed E-state index contributed by atoms with van der Waals surface area (Å²) in [6.07, 6.45) is 1.69. The van der Waals surface area contributed by atoms with Crippen molar-refractivity contribution in [1.82, 2.24) is 0 Å². The second kappa shape index (κ2) is 4.79. The molecular formula is C14H16OS. The third kappa shape index (κ3) is 2.50. The minimum Gasteiger partial charge on any atom is -0.300 e. The molecule has 2 aromatic rings. The Kier molecular flexibility index (Phi) is 3.39. The topological polar surface area (TPSA) is 17.1 Å². The van der Waals surface area contributed by atoms with Crippen LogP contribution in [0.25, 0.3) is 10.1 Å². The number of hydrogen-bond donors (Lipinski definition) is 0. The molecule has 0 aliphatic rings. The summed E-state index contributed by atoms with van der Waals surface area (Å²) in [7, 11) is 0. The van der Waals surface area contributed by atoms with Gasteiger partial charge in [0.05, 0.1) is 0 Å². The monoisotopic (exact) mass is 232 g/mol. The second-order valence-corrected chi connectivity index (χ2v) is 5.38. The highest BCUT2D eigenvalue weighted by molar-refractivity contribution is 7.17. The molecule has 0 aliphatic carbocycles. The Morgan fingerprint density at radius 2 is 2.12 bits per heavy atom. The zero-order chi connectivity index (χ0) is 11.5. The summed E-state index contributed by atoms with van der Waals surface area (Å²) in [5.74, 6) is 0.725. The molecule has 0 saturated carbocycles. The predicted molar refractivity (Wildman–Crippen MR) is 70.0 cm³/mol. The maximum Gasteiger partial charge on any atom is 0.130 e. The summed E-state index contributed by atoms with van der Waals surface area (Å²) in [5.41, 5.74) is 1.38. The molecule has 0 aliphatic heterocycles. The van der Waals surface area contributed by atoms with Gasteiger partial charge in [-0.25, -0.2) is 0 Å². The fourth-order valence-corrected chi connectivity index (χ4v) is 3.10. The van der Waals surface area contributed by atoms with Gasteiger partial charge in [0.25, 0.3) is 0 Å². The molecule has 1 heterocycles. The second-order valence-electron chi connectivity index (χ2n) is 4.47. The number of Topliss-reactive ketones (excluding diaryl/α,β-unsaturated/α-hetero) is 1. The Morgan fingerprint density at radius 1 is 1.38 bits per heavy atom. The molecule has 0 N–H and O–H groups in total. The van der Waals surface area contributed by atoms with Gasteiger partial charge in [-0.2, -0.15) is 0 Å². The van der Waals surface area contributed by atoms with Crippen LogP contribution in [0.1, 0.15) is 25.8 Å². The van der Waals surface area contributed by atoms with E-state index in [2.05, 4.69) is 36.6 Å². The van der Waals surface area contributed by atoms with Crippen molar-refractivity contribution in [2.75, 3.05) is 0 Å². The van der Waals surface area contributed by atoms with Gasteiger partial charge in [-0.3, -0.25) is 0 Å². The summed E-state index contributed by atoms with van der Waals surface area (Å²) >= 11 is 1.79. The first-order valence-electron chi connectivity index (χ1n) is 5.61. The van der Waals surface area contributed by atoms with Gasteiger partial charge in [0.2, 0.25) is 0 Å². The zero-order valence-electron chi connectivity index (χ0n) is 9.69. The van der Waals surface area contributed by atoms with Gasteiger partial charge < -0.3 is 4.79 Å². The van der Waals surface area contributed by atoms with E-state index in [-0.39, 0.29) is 5.78 Å². The quantitative estimate of drug-likeness (QED) is 0.777. The summed E-state index contributed by atoms with van der Waals surface area (Å²) < 4.78 is 1.34. The van der Waals surface area contributed by atoms with Crippen molar-refractivity contribution in [1.29, 1.82) is 0 Å². The molecule has 1 unspecified atom stereocenters. The summed E-state index contributed by atoms with van der Waals surface area (Å²) in [6, 6.07) is 8.47. The van der Waals surface area contributed by atoms with Crippen molar-refractivity contribution in [3.8, 4) is 0 Å². The first-order chi connectivity index (χ1) is 7.66. The first-order valence-corrected chi connectivity index (χ1v) is 6.49. The van der Waals surface area contributed by atoms with Gasteiger partial charge in [0.15, 0.2) is 0 Å². The van der Waals surface area contributed by atoms with E-state index in [9.17, 15) is 4.79 Å². The van der Waals surface area contributed by atoms with E-state index in [4.69, 9.17) is 0 Å². The van der Waals surface area contributed by atoms with Gasteiger partial charge >= 0.3 is 0 Å². The first kappa shape index (κ1) is 11.3. The number of carbonyl (C=O) groups excluding carboxylic acids is 1. The van der Waals surface area contributed by atoms with Gasteiger partial charge in [-0.1, -0.05) is 25.1 Å². The van der Waals surface area contributed by atoms with E-state index < -0.39 is 0 Å². The number of thiophene rings is 1. The Morgan fingerprint density at radius 3 is 2.88 bits per heavy atom. The lowest BCUT2D eigenvalue weighted by Crippen LogP contribution is -2.04. The standard InChI is InChI=1S/C14H16OS/c1-10(7-11(2)15)8-12-9-16-14-6-4-3-5-13(12)14/h3-6,9-10H,7-8H2,1-2H3. The molecule has 0 bridgehead atoms. The van der Waals surface area contributed by atoms with E-state index in [0.29, 0.717) is 12.3 Å². The molecule has 1 nitrogen and oxygen atoms in total. The smallest absolute Gasteiger partial charge is 0.130 e. The molecule has 1 atom stereocenters. The SMILES string of the molecule is CC(=O)CC(C)Cc1csc2ccccc12. The number of fused-ring (bicyclic) bond motifs is 1. The van der Waals surface area contributed by atoms with E-state index in [1.54, 1.807) is 18.3 Å². The maximum atomic E-state index is 11.0. The van der Waals surface area contributed by atoms with Gasteiger partial charge in [0.1, 0.15) is 5.78 Å². The van der Waals surface area contributed by atoms with E-state index >= 15 is 0 Å². The van der Waals surface area contributed by atoms with Crippen LogP contribution < -0.4 is 0 Å². The molecule has 0 amide bonds. The van der Waals surface area contributed by atoms with Crippen LogP contribution in [0, 0.1) is 5.92 Å². The van der Waals surface area contributed by atoms with Crippen LogP contribution >= 0.6 is 11.3 Å². The molecule has 16 heavy (non-hydrogen) atoms. The van der Waals surface area contributed by atoms with E-state index in [1.807, 2.05) is 0 Å². The van der Waals surface area contributed by atoms with Crippen LogP contribution in [0.2, 0.25) is 0 Å². The number of carbonyl (C=O) groups is 1. The Hall–Kier alpha value is -1.15. The normalized spacial score (nSPS) is 12.9. The Bertz CT molecular complexity index is 498. The number of hydrogen-bond acceptors (Lipinski definition) is 2. The maximum absolute atomic E-state index is 11.0. The fourth-order valence-electron chi connectivity index (χ4n) is 2.13. The fraction of sp³-hybridized carbons (Fsp3) is 0.357. The molecule has 0 radical (unpaired) electrons. The van der Waals surface area contributed by atoms with Crippen molar-refractivity contribution in [3.63, 3.8) is 0 Å². The molecule has 0 fully saturated rings. The van der Waals surface area contributed by atoms with Crippen molar-refractivity contribution in [2.45, 2.75) is 26.7 Å². The Balaban J connectivity index is 2.18. The lowest BCUT2D eigenvalue weighted by atomic mass is 9.96. The van der Waals surface area contributed by atoms with Gasteiger partial charge in [-0.05, 0) is 41.7 Å². The van der Waals surface area contributed by atoms with Crippen LogP contribution in [0.3, 0.4) is 0 Å². The average molecular weight is 232 g/mol. The molecule has 0 spiro atoms. The lowest BCUT2D eigenvalue weighted by molar-refractivity contribution is -0.117. The largest absolute Gasteiger partial charge is 0.300 e. The third-order valence-corrected chi connectivity index (χ3v) is 3.78. The zero-order valence-corrected chi connectivity index (χ0v) is 10.5. The van der Waals surface area contributed by atoms with Crippen LogP contribution in [0.5, 0.6) is 0 Å². The molecule has 2 heteroatoms. The predicted octanol–water partition coefficient (Wildman–Crippen LogP) is 4.06. The molecule has 1 aromatic carbocycles. The molecule has 0 saturated heterocycles. The van der Waals surface area contributed by atoms with Crippen LogP contribution in [0.4, 0.5) is 0 Å².